The van der Waals surface area contributed by atoms with Gasteiger partial charge in [-0.1, -0.05) is 0 Å². The van der Waals surface area contributed by atoms with Gasteiger partial charge in [0.05, 0.1) is 0 Å². The van der Waals surface area contributed by atoms with Gasteiger partial charge in [0.25, 0.3) is 0 Å². The van der Waals surface area contributed by atoms with E-state index in [4.69, 9.17) is 17.0 Å². The number of aryl methyl sites for hydroxylation is 1. The molecular weight excluding hydrogens is 623 g/mol. The Hall–Kier alpha value is -1.18. The Morgan fingerprint density at radius 3 is 2.02 bits per heavy atom. The molecule has 0 saturated carbocycles. The first-order valence-electron chi connectivity index (χ1n) is 14.9. The van der Waals surface area contributed by atoms with Crippen LogP contribution in [-0.2, 0) is 21.0 Å². The molecule has 0 aromatic heterocycles. The molecule has 40 heavy (non-hydrogen) atoms. The molecule has 0 spiro atoms. The van der Waals surface area contributed by atoms with Crippen LogP contribution in [0.4, 0.5) is 0 Å². The third-order valence-corrected chi connectivity index (χ3v) is 61.9. The summed E-state index contributed by atoms with van der Waals surface area (Å²) < 4.78 is 0.278. The molecule has 2 atom stereocenters. The van der Waals surface area contributed by atoms with Gasteiger partial charge in [-0.2, -0.15) is 0 Å². The number of allylic oxidation sites excluding steroid dienone is 2. The van der Waals surface area contributed by atoms with Crippen molar-refractivity contribution in [2.75, 3.05) is 0 Å². The maximum absolute atomic E-state index is 8.45. The summed E-state index contributed by atoms with van der Waals surface area (Å²) in [7, 11) is 16.9. The molecule has 3 aromatic carbocycles. The second kappa shape index (κ2) is 10.2. The molecule has 0 nitrogen and oxygen atoms in total. The minimum atomic E-state index is -4.66. The van der Waals surface area contributed by atoms with Gasteiger partial charge in [0.15, 0.2) is 0 Å². The predicted molar refractivity (Wildman–Crippen MR) is 179 cm³/mol. The second-order valence-corrected chi connectivity index (χ2v) is 56.6. The first-order chi connectivity index (χ1) is 18.6. The molecule has 2 unspecified atom stereocenters. The molecule has 0 N–H and O–H groups in total. The third-order valence-electron chi connectivity index (χ3n) is 9.93. The van der Waals surface area contributed by atoms with Gasteiger partial charge >= 0.3 is 254 Å². The van der Waals surface area contributed by atoms with Crippen molar-refractivity contribution in [3.8, 4) is 11.1 Å². The monoisotopic (exact) mass is 665 g/mol. The summed E-state index contributed by atoms with van der Waals surface area (Å²) in [6.45, 7) is 23.2. The molecule has 2 aliphatic rings. The zero-order chi connectivity index (χ0) is 29.4. The van der Waals surface area contributed by atoms with E-state index in [0.717, 1.165) is 0 Å². The van der Waals surface area contributed by atoms with Gasteiger partial charge < -0.3 is 0 Å². The normalized spacial score (nSPS) is 19.8. The van der Waals surface area contributed by atoms with E-state index < -0.39 is 21.5 Å². The van der Waals surface area contributed by atoms with E-state index in [-0.39, 0.29) is 12.7 Å². The van der Waals surface area contributed by atoms with Crippen molar-refractivity contribution in [1.82, 2.24) is 0 Å². The van der Waals surface area contributed by atoms with E-state index in [1.54, 1.807) is 0 Å². The Bertz CT molecular complexity index is 1550. The van der Waals surface area contributed by atoms with E-state index in [0.29, 0.717) is 5.92 Å². The van der Waals surface area contributed by atoms with Crippen molar-refractivity contribution < 1.29 is 15.6 Å². The molecule has 3 aromatic rings. The summed E-state index contributed by atoms with van der Waals surface area (Å²) in [6.07, 6.45) is 4.85. The van der Waals surface area contributed by atoms with E-state index in [1.807, 2.05) is 0 Å². The zero-order valence-corrected chi connectivity index (χ0v) is 31.0. The predicted octanol–water partition coefficient (Wildman–Crippen LogP) is 11.5. The number of halogens is 2. The van der Waals surface area contributed by atoms with Gasteiger partial charge in [-0.3, -0.25) is 0 Å². The van der Waals surface area contributed by atoms with Crippen LogP contribution < -0.4 is 0 Å². The average Bonchev–Trinajstić information content (AvgIpc) is 3.43. The summed E-state index contributed by atoms with van der Waals surface area (Å²) >= 11 is -4.66. The van der Waals surface area contributed by atoms with E-state index >= 15 is 0 Å². The van der Waals surface area contributed by atoms with Crippen LogP contribution in [0.5, 0.6) is 0 Å². The van der Waals surface area contributed by atoms with Crippen LogP contribution in [0.15, 0.2) is 65.7 Å². The molecule has 0 aliphatic heterocycles. The van der Waals surface area contributed by atoms with Crippen molar-refractivity contribution in [2.45, 2.75) is 81.2 Å². The fourth-order valence-corrected chi connectivity index (χ4v) is 39.7. The van der Waals surface area contributed by atoms with Crippen molar-refractivity contribution in [3.05, 3.63) is 105 Å². The second-order valence-electron chi connectivity index (χ2n) is 14.1. The Balaban J connectivity index is 1.76. The number of fused-ring (bicyclic) bond motifs is 2. The number of rotatable bonds is 5. The van der Waals surface area contributed by atoms with Gasteiger partial charge in [0.2, 0.25) is 0 Å². The summed E-state index contributed by atoms with van der Waals surface area (Å²) in [5.74, 6) is -1.14. The molecule has 0 fully saturated rings. The summed E-state index contributed by atoms with van der Waals surface area (Å²) in [6, 6.07) is 20.5. The molecule has 0 heterocycles. The fraction of sp³-hybridized carbons (Fsp3) is 0.389. The number of hydrogen-bond acceptors (Lipinski definition) is 0. The van der Waals surface area contributed by atoms with Gasteiger partial charge in [-0.05, 0) is 0 Å². The molecule has 0 radical (unpaired) electrons. The van der Waals surface area contributed by atoms with Gasteiger partial charge in [0, 0.05) is 0 Å². The summed E-state index contributed by atoms with van der Waals surface area (Å²) in [5, 5.41) is 0. The molecule has 5 rings (SSSR count). The number of hydrogen-bond donors (Lipinski definition) is 0. The number of benzene rings is 3. The van der Waals surface area contributed by atoms with Crippen LogP contribution in [0.25, 0.3) is 23.3 Å². The van der Waals surface area contributed by atoms with Crippen LogP contribution in [0, 0.1) is 19.8 Å². The van der Waals surface area contributed by atoms with Crippen molar-refractivity contribution in [1.29, 1.82) is 0 Å². The SMILES string of the molecule is CC1=Cc2c(cc(C)c(C)c2-c2ccc(C(C)(C)C)cc2)[CH]1[Zr]([Cl])([Cl])([CH]1C(C(C)C)=Cc2ccccc21)[SiH](C)C. The van der Waals surface area contributed by atoms with E-state index in [2.05, 4.69) is 135 Å². The molecule has 0 bridgehead atoms. The van der Waals surface area contributed by atoms with Gasteiger partial charge in [-0.25, -0.2) is 0 Å². The Labute approximate surface area is 251 Å². The summed E-state index contributed by atoms with van der Waals surface area (Å²) in [4.78, 5) is 0. The molecule has 0 saturated heterocycles. The standard InChI is InChI=1S/C22H25.C12H13.C2H7Si.2ClH.Zr/c1-14-11-18-13-15(2)16(3)21(20(18)12-14)17-7-9-19(10-8-17)22(4,5)6;1-9(2)12-7-10-5-3-4-6-11(10)8-12;1-3-2;;;/h7-13H,1-6H3;3-9H,1-2H3;3H,1-2H3;2*1H;/q;;;;;+2/p-2. The van der Waals surface area contributed by atoms with E-state index in [9.17, 15) is 0 Å². The average molecular weight is 668 g/mol. The van der Waals surface area contributed by atoms with Crippen molar-refractivity contribution in [3.63, 3.8) is 0 Å². The first kappa shape index (κ1) is 30.3. The Morgan fingerprint density at radius 1 is 0.825 bits per heavy atom. The minimum absolute atomic E-state index is 0.122. The van der Waals surface area contributed by atoms with Crippen molar-refractivity contribution >= 4 is 35.1 Å². The Kier molecular flexibility index (Phi) is 7.74. The molecule has 0 amide bonds. The topological polar surface area (TPSA) is 0 Å². The van der Waals surface area contributed by atoms with Crippen molar-refractivity contribution in [2.24, 2.45) is 5.92 Å². The van der Waals surface area contributed by atoms with Gasteiger partial charge in [-0.15, -0.1) is 0 Å². The fourth-order valence-electron chi connectivity index (χ4n) is 7.45. The zero-order valence-electron chi connectivity index (χ0n) is 25.9. The Morgan fingerprint density at radius 2 is 1.45 bits per heavy atom. The van der Waals surface area contributed by atoms with Gasteiger partial charge in [0.1, 0.15) is 0 Å². The van der Waals surface area contributed by atoms with E-state index in [1.165, 1.54) is 61.2 Å². The van der Waals surface area contributed by atoms with Crippen LogP contribution >= 0.6 is 17.0 Å². The molecular formula is C36H45Cl2SiZr. The van der Waals surface area contributed by atoms with Crippen LogP contribution in [0.2, 0.25) is 13.1 Å². The maximum atomic E-state index is 8.45. The first-order valence-corrected chi connectivity index (χ1v) is 31.2. The van der Waals surface area contributed by atoms with Crippen LogP contribution in [0.3, 0.4) is 0 Å². The summed E-state index contributed by atoms with van der Waals surface area (Å²) in [5.41, 5.74) is 15.0. The van der Waals surface area contributed by atoms with Crippen LogP contribution in [-0.4, -0.2) is 5.92 Å². The quantitative estimate of drug-likeness (QED) is 0.238. The molecule has 2 aliphatic carbocycles. The molecule has 4 heteroatoms. The third kappa shape index (κ3) is 4.56. The van der Waals surface area contributed by atoms with Crippen LogP contribution in [0.1, 0.15) is 87.7 Å². The molecule has 211 valence electrons.